The summed E-state index contributed by atoms with van der Waals surface area (Å²) >= 11 is 0. The molecular formula is C13H16N2O4S. The topological polar surface area (TPSA) is 92.4 Å². The van der Waals surface area contributed by atoms with Crippen LogP contribution in [-0.4, -0.2) is 18.7 Å². The number of aliphatic hydroxyl groups excluding tert-OH is 1. The number of rotatable bonds is 5. The van der Waals surface area contributed by atoms with Gasteiger partial charge in [-0.1, -0.05) is 17.3 Å². The number of nitrogens with one attached hydrogen (secondary N) is 1. The fourth-order valence-electron chi connectivity index (χ4n) is 1.69. The maximum atomic E-state index is 12.1. The van der Waals surface area contributed by atoms with E-state index in [1.165, 1.54) is 12.1 Å². The van der Waals surface area contributed by atoms with E-state index in [0.29, 0.717) is 17.0 Å². The summed E-state index contributed by atoms with van der Waals surface area (Å²) in [5, 5.41) is 13.2. The summed E-state index contributed by atoms with van der Waals surface area (Å²) in [5.41, 5.74) is 1.23. The number of benzene rings is 1. The lowest BCUT2D eigenvalue weighted by molar-refractivity contribution is 0.199. The highest BCUT2D eigenvalue weighted by atomic mass is 32.2. The molecule has 1 heterocycles. The van der Waals surface area contributed by atoms with Crippen LogP contribution >= 0.6 is 0 Å². The van der Waals surface area contributed by atoms with Crippen LogP contribution in [0.25, 0.3) is 0 Å². The van der Waals surface area contributed by atoms with Crippen molar-refractivity contribution >= 4 is 10.0 Å². The van der Waals surface area contributed by atoms with Crippen molar-refractivity contribution in [3.05, 3.63) is 47.3 Å². The molecule has 0 spiro atoms. The second-order valence-corrected chi connectivity index (χ2v) is 6.27. The predicted molar refractivity (Wildman–Crippen MR) is 72.3 cm³/mol. The van der Waals surface area contributed by atoms with Crippen molar-refractivity contribution in [3.63, 3.8) is 0 Å². The van der Waals surface area contributed by atoms with Gasteiger partial charge >= 0.3 is 0 Å². The van der Waals surface area contributed by atoms with Crippen LogP contribution in [0.5, 0.6) is 0 Å². The van der Waals surface area contributed by atoms with Crippen molar-refractivity contribution in [1.29, 1.82) is 0 Å². The van der Waals surface area contributed by atoms with Crippen molar-refractivity contribution in [1.82, 2.24) is 9.88 Å². The van der Waals surface area contributed by atoms with Crippen molar-refractivity contribution in [3.8, 4) is 0 Å². The highest BCUT2D eigenvalue weighted by molar-refractivity contribution is 7.89. The number of sulfonamides is 1. The third kappa shape index (κ3) is 3.44. The minimum Gasteiger partial charge on any atom is -0.389 e. The molecule has 2 aromatic rings. The number of nitrogens with zero attached hydrogens (tertiary/aromatic N) is 1. The summed E-state index contributed by atoms with van der Waals surface area (Å²) in [7, 11) is -3.65. The van der Waals surface area contributed by atoms with E-state index in [1.54, 1.807) is 32.0 Å². The minimum absolute atomic E-state index is 0.0298. The molecule has 0 saturated carbocycles. The Morgan fingerprint density at radius 3 is 2.75 bits per heavy atom. The first-order valence-corrected chi connectivity index (χ1v) is 7.57. The molecule has 7 heteroatoms. The van der Waals surface area contributed by atoms with Gasteiger partial charge in [-0.2, -0.15) is 0 Å². The second-order valence-electron chi connectivity index (χ2n) is 4.51. The molecule has 2 rings (SSSR count). The summed E-state index contributed by atoms with van der Waals surface area (Å²) in [6, 6.07) is 7.84. The highest BCUT2D eigenvalue weighted by Gasteiger charge is 2.16. The molecule has 108 valence electrons. The first-order chi connectivity index (χ1) is 9.38. The van der Waals surface area contributed by atoms with Crippen molar-refractivity contribution in [2.45, 2.75) is 31.4 Å². The highest BCUT2D eigenvalue weighted by Crippen LogP contribution is 2.17. The van der Waals surface area contributed by atoms with E-state index in [2.05, 4.69) is 9.88 Å². The maximum Gasteiger partial charge on any atom is 0.240 e. The van der Waals surface area contributed by atoms with Gasteiger partial charge in [-0.3, -0.25) is 0 Å². The second kappa shape index (κ2) is 5.74. The molecule has 6 nitrogen and oxygen atoms in total. The van der Waals surface area contributed by atoms with E-state index in [-0.39, 0.29) is 11.4 Å². The molecule has 0 saturated heterocycles. The molecule has 0 aliphatic carbocycles. The van der Waals surface area contributed by atoms with Gasteiger partial charge in [0.05, 0.1) is 23.2 Å². The van der Waals surface area contributed by atoms with E-state index in [4.69, 9.17) is 4.52 Å². The number of aryl methyl sites for hydroxylation is 1. The number of hydrogen-bond donors (Lipinski definition) is 2. The SMILES string of the molecule is Cc1cc(CNS(=O)(=O)c2cccc(C(C)O)c2)on1. The molecule has 1 atom stereocenters. The fraction of sp³-hybridized carbons (Fsp3) is 0.308. The van der Waals surface area contributed by atoms with Gasteiger partial charge in [-0.05, 0) is 31.5 Å². The zero-order valence-corrected chi connectivity index (χ0v) is 12.0. The summed E-state index contributed by atoms with van der Waals surface area (Å²) < 4.78 is 31.6. The van der Waals surface area contributed by atoms with Gasteiger partial charge in [0.1, 0.15) is 0 Å². The van der Waals surface area contributed by atoms with Crippen LogP contribution < -0.4 is 4.72 Å². The molecule has 20 heavy (non-hydrogen) atoms. The van der Waals surface area contributed by atoms with Gasteiger partial charge in [0.25, 0.3) is 0 Å². The first kappa shape index (κ1) is 14.7. The largest absolute Gasteiger partial charge is 0.389 e. The van der Waals surface area contributed by atoms with Gasteiger partial charge in [-0.15, -0.1) is 0 Å². The zero-order valence-electron chi connectivity index (χ0n) is 11.2. The molecule has 1 unspecified atom stereocenters. The monoisotopic (exact) mass is 296 g/mol. The summed E-state index contributed by atoms with van der Waals surface area (Å²) in [6.45, 7) is 3.37. The van der Waals surface area contributed by atoms with Crippen LogP contribution in [0, 0.1) is 6.92 Å². The van der Waals surface area contributed by atoms with E-state index in [9.17, 15) is 13.5 Å². The molecule has 0 aliphatic heterocycles. The van der Waals surface area contributed by atoms with E-state index >= 15 is 0 Å². The van der Waals surface area contributed by atoms with Crippen LogP contribution in [0.4, 0.5) is 0 Å². The molecule has 0 radical (unpaired) electrons. The molecule has 0 fully saturated rings. The van der Waals surface area contributed by atoms with Gasteiger partial charge < -0.3 is 9.63 Å². The molecule has 0 amide bonds. The first-order valence-electron chi connectivity index (χ1n) is 6.08. The lowest BCUT2D eigenvalue weighted by atomic mass is 10.1. The normalized spacial score (nSPS) is 13.3. The van der Waals surface area contributed by atoms with Crippen molar-refractivity contribution in [2.75, 3.05) is 0 Å². The molecule has 1 aromatic heterocycles. The summed E-state index contributed by atoms with van der Waals surface area (Å²) in [6.07, 6.45) is -0.720. The zero-order chi connectivity index (χ0) is 14.8. The molecule has 2 N–H and O–H groups in total. The molecule has 0 bridgehead atoms. The Hall–Kier alpha value is -1.70. The van der Waals surface area contributed by atoms with Gasteiger partial charge in [0.2, 0.25) is 10.0 Å². The van der Waals surface area contributed by atoms with Crippen LogP contribution in [0.1, 0.15) is 30.0 Å². The lowest BCUT2D eigenvalue weighted by Gasteiger charge is -2.08. The Morgan fingerprint density at radius 2 is 2.15 bits per heavy atom. The standard InChI is InChI=1S/C13H16N2O4S/c1-9-6-12(19-15-9)8-14-20(17,18)13-5-3-4-11(7-13)10(2)16/h3-7,10,14,16H,8H2,1-2H3. The van der Waals surface area contributed by atoms with Crippen molar-refractivity contribution < 1.29 is 18.0 Å². The fourth-order valence-corrected chi connectivity index (χ4v) is 2.74. The van der Waals surface area contributed by atoms with E-state index in [1.807, 2.05) is 0 Å². The number of aromatic nitrogens is 1. The average Bonchev–Trinajstić information content (AvgIpc) is 2.82. The van der Waals surface area contributed by atoms with Crippen LogP contribution in [0.15, 0.2) is 39.8 Å². The Balaban J connectivity index is 2.15. The van der Waals surface area contributed by atoms with Gasteiger partial charge in [0, 0.05) is 6.07 Å². The Bertz CT molecular complexity index is 692. The van der Waals surface area contributed by atoms with E-state index in [0.717, 1.165) is 0 Å². The van der Waals surface area contributed by atoms with E-state index < -0.39 is 16.1 Å². The summed E-state index contributed by atoms with van der Waals surface area (Å²) in [4.78, 5) is 0.104. The van der Waals surface area contributed by atoms with Crippen molar-refractivity contribution in [2.24, 2.45) is 0 Å². The third-order valence-corrected chi connectivity index (χ3v) is 4.16. The molecule has 0 aliphatic rings. The number of hydrogen-bond acceptors (Lipinski definition) is 5. The minimum atomic E-state index is -3.65. The molecular weight excluding hydrogens is 280 g/mol. The average molecular weight is 296 g/mol. The Labute approximate surface area is 117 Å². The quantitative estimate of drug-likeness (QED) is 0.872. The van der Waals surface area contributed by atoms with Crippen LogP contribution in [0.3, 0.4) is 0 Å². The predicted octanol–water partition coefficient (Wildman–Crippen LogP) is 1.51. The Morgan fingerprint density at radius 1 is 1.40 bits per heavy atom. The van der Waals surface area contributed by atoms with Gasteiger partial charge in [0.15, 0.2) is 5.76 Å². The lowest BCUT2D eigenvalue weighted by Crippen LogP contribution is -2.23. The third-order valence-electron chi connectivity index (χ3n) is 2.76. The Kier molecular flexibility index (Phi) is 4.22. The van der Waals surface area contributed by atoms with Gasteiger partial charge in [-0.25, -0.2) is 13.1 Å². The van der Waals surface area contributed by atoms with Crippen LogP contribution in [-0.2, 0) is 16.6 Å². The number of aliphatic hydroxyl groups is 1. The maximum absolute atomic E-state index is 12.1. The molecule has 1 aromatic carbocycles. The summed E-state index contributed by atoms with van der Waals surface area (Å²) in [5.74, 6) is 0.442. The smallest absolute Gasteiger partial charge is 0.240 e. The van der Waals surface area contributed by atoms with Crippen LogP contribution in [0.2, 0.25) is 0 Å².